The zero-order chi connectivity index (χ0) is 9.95. The van der Waals surface area contributed by atoms with E-state index in [9.17, 15) is 0 Å². The van der Waals surface area contributed by atoms with Gasteiger partial charge in [-0.3, -0.25) is 0 Å². The highest BCUT2D eigenvalue weighted by Gasteiger charge is 2.38. The van der Waals surface area contributed by atoms with E-state index >= 15 is 0 Å². The summed E-state index contributed by atoms with van der Waals surface area (Å²) in [6, 6.07) is 0. The van der Waals surface area contributed by atoms with Crippen LogP contribution in [0.3, 0.4) is 0 Å². The van der Waals surface area contributed by atoms with Gasteiger partial charge in [0.2, 0.25) is 0 Å². The van der Waals surface area contributed by atoms with Crippen molar-refractivity contribution in [3.63, 3.8) is 0 Å². The van der Waals surface area contributed by atoms with Crippen molar-refractivity contribution >= 4 is 22.6 Å². The van der Waals surface area contributed by atoms with Gasteiger partial charge in [-0.25, -0.2) is 0 Å². The standard InChI is InChI=1S/C10H19IO2/c1-4-5-10(6-11)7-12-9(2,3)13-8-10/h4-8H2,1-3H3. The number of hydrogen-bond acceptors (Lipinski definition) is 2. The van der Waals surface area contributed by atoms with Crippen molar-refractivity contribution in [2.24, 2.45) is 5.41 Å². The lowest BCUT2D eigenvalue weighted by Gasteiger charge is -2.42. The maximum Gasteiger partial charge on any atom is 0.162 e. The van der Waals surface area contributed by atoms with Gasteiger partial charge in [0, 0.05) is 9.84 Å². The monoisotopic (exact) mass is 298 g/mol. The zero-order valence-electron chi connectivity index (χ0n) is 8.73. The Morgan fingerprint density at radius 1 is 1.23 bits per heavy atom. The van der Waals surface area contributed by atoms with Crippen LogP contribution < -0.4 is 0 Å². The number of hydrogen-bond donors (Lipinski definition) is 0. The maximum atomic E-state index is 5.70. The van der Waals surface area contributed by atoms with Gasteiger partial charge in [0.05, 0.1) is 13.2 Å². The van der Waals surface area contributed by atoms with E-state index in [1.54, 1.807) is 0 Å². The van der Waals surface area contributed by atoms with Gasteiger partial charge in [-0.05, 0) is 20.3 Å². The Kier molecular flexibility index (Phi) is 4.01. The molecule has 13 heavy (non-hydrogen) atoms. The summed E-state index contributed by atoms with van der Waals surface area (Å²) >= 11 is 2.43. The number of halogens is 1. The van der Waals surface area contributed by atoms with Crippen molar-refractivity contribution in [3.8, 4) is 0 Å². The largest absolute Gasteiger partial charge is 0.350 e. The molecule has 0 N–H and O–H groups in total. The molecule has 1 saturated heterocycles. The van der Waals surface area contributed by atoms with Crippen LogP contribution in [0.2, 0.25) is 0 Å². The fourth-order valence-corrected chi connectivity index (χ4v) is 2.38. The summed E-state index contributed by atoms with van der Waals surface area (Å²) in [6.07, 6.45) is 2.40. The Balaban J connectivity index is 2.52. The van der Waals surface area contributed by atoms with Crippen LogP contribution in [0.5, 0.6) is 0 Å². The summed E-state index contributed by atoms with van der Waals surface area (Å²) in [4.78, 5) is 0. The fraction of sp³-hybridized carbons (Fsp3) is 1.00. The van der Waals surface area contributed by atoms with E-state index in [4.69, 9.17) is 9.47 Å². The van der Waals surface area contributed by atoms with E-state index in [1.165, 1.54) is 12.8 Å². The number of rotatable bonds is 3. The second kappa shape index (κ2) is 4.45. The Labute approximate surface area is 94.5 Å². The van der Waals surface area contributed by atoms with Crippen molar-refractivity contribution in [2.75, 3.05) is 17.6 Å². The summed E-state index contributed by atoms with van der Waals surface area (Å²) < 4.78 is 12.5. The van der Waals surface area contributed by atoms with Gasteiger partial charge in [-0.2, -0.15) is 0 Å². The van der Waals surface area contributed by atoms with Gasteiger partial charge in [0.25, 0.3) is 0 Å². The normalized spacial score (nSPS) is 25.8. The molecule has 0 amide bonds. The number of ether oxygens (including phenoxy) is 2. The first-order valence-corrected chi connectivity index (χ1v) is 6.40. The third-order valence-corrected chi connectivity index (χ3v) is 4.13. The Hall–Kier alpha value is 0.650. The highest BCUT2D eigenvalue weighted by molar-refractivity contribution is 14.1. The highest BCUT2D eigenvalue weighted by atomic mass is 127. The highest BCUT2D eigenvalue weighted by Crippen LogP contribution is 2.35. The average Bonchev–Trinajstić information content (AvgIpc) is 2.10. The molecule has 1 rings (SSSR count). The van der Waals surface area contributed by atoms with E-state index in [0.29, 0.717) is 0 Å². The molecule has 0 radical (unpaired) electrons. The molecule has 78 valence electrons. The second-order valence-electron chi connectivity index (χ2n) is 4.36. The molecule has 0 unspecified atom stereocenters. The van der Waals surface area contributed by atoms with E-state index in [-0.39, 0.29) is 11.2 Å². The third-order valence-electron chi connectivity index (χ3n) is 2.52. The van der Waals surface area contributed by atoms with Crippen molar-refractivity contribution in [1.82, 2.24) is 0 Å². The average molecular weight is 298 g/mol. The lowest BCUT2D eigenvalue weighted by molar-refractivity contribution is -0.281. The minimum absolute atomic E-state index is 0.269. The molecule has 1 aliphatic heterocycles. The van der Waals surface area contributed by atoms with Crippen LogP contribution in [-0.4, -0.2) is 23.4 Å². The molecule has 0 spiro atoms. The molecule has 3 heteroatoms. The number of alkyl halides is 1. The van der Waals surface area contributed by atoms with Crippen molar-refractivity contribution < 1.29 is 9.47 Å². The Morgan fingerprint density at radius 2 is 1.77 bits per heavy atom. The smallest absolute Gasteiger partial charge is 0.162 e. The topological polar surface area (TPSA) is 18.5 Å². The van der Waals surface area contributed by atoms with Crippen LogP contribution >= 0.6 is 22.6 Å². The van der Waals surface area contributed by atoms with Gasteiger partial charge in [-0.1, -0.05) is 35.9 Å². The molecule has 2 nitrogen and oxygen atoms in total. The van der Waals surface area contributed by atoms with Crippen LogP contribution in [-0.2, 0) is 9.47 Å². The third kappa shape index (κ3) is 3.06. The first-order valence-electron chi connectivity index (χ1n) is 4.87. The molecule has 0 aromatic carbocycles. The lowest BCUT2D eigenvalue weighted by atomic mass is 9.86. The summed E-state index contributed by atoms with van der Waals surface area (Å²) in [6.45, 7) is 7.87. The van der Waals surface area contributed by atoms with E-state index < -0.39 is 0 Å². The van der Waals surface area contributed by atoms with E-state index in [0.717, 1.165) is 17.6 Å². The van der Waals surface area contributed by atoms with Gasteiger partial charge in [-0.15, -0.1) is 0 Å². The summed E-state index contributed by atoms with van der Waals surface area (Å²) in [5.74, 6) is -0.372. The van der Waals surface area contributed by atoms with E-state index in [2.05, 4.69) is 29.5 Å². The molecule has 1 fully saturated rings. The van der Waals surface area contributed by atoms with Crippen LogP contribution in [0, 0.1) is 5.41 Å². The second-order valence-corrected chi connectivity index (χ2v) is 5.12. The van der Waals surface area contributed by atoms with E-state index in [1.807, 2.05) is 13.8 Å². The van der Waals surface area contributed by atoms with Crippen LogP contribution in [0.1, 0.15) is 33.6 Å². The SMILES string of the molecule is CCCC1(CI)COC(C)(C)OC1. The molecule has 1 heterocycles. The fourth-order valence-electron chi connectivity index (χ4n) is 1.56. The van der Waals surface area contributed by atoms with Crippen LogP contribution in [0.4, 0.5) is 0 Å². The zero-order valence-corrected chi connectivity index (χ0v) is 10.9. The Morgan fingerprint density at radius 3 is 2.15 bits per heavy atom. The molecule has 0 saturated carbocycles. The first-order chi connectivity index (χ1) is 6.04. The summed E-state index contributed by atoms with van der Waals surface area (Å²) in [5.41, 5.74) is 0.269. The van der Waals surface area contributed by atoms with Gasteiger partial charge >= 0.3 is 0 Å². The maximum absolute atomic E-state index is 5.70. The predicted molar refractivity (Wildman–Crippen MR) is 62.2 cm³/mol. The van der Waals surface area contributed by atoms with Crippen molar-refractivity contribution in [3.05, 3.63) is 0 Å². The molecule has 0 bridgehead atoms. The van der Waals surface area contributed by atoms with Crippen LogP contribution in [0.25, 0.3) is 0 Å². The molecule has 0 atom stereocenters. The molecule has 0 aliphatic carbocycles. The van der Waals surface area contributed by atoms with Gasteiger partial charge in [0.15, 0.2) is 5.79 Å². The molecule has 0 aromatic heterocycles. The quantitative estimate of drug-likeness (QED) is 0.589. The Bertz CT molecular complexity index is 158. The minimum Gasteiger partial charge on any atom is -0.350 e. The summed E-state index contributed by atoms with van der Waals surface area (Å²) in [7, 11) is 0. The summed E-state index contributed by atoms with van der Waals surface area (Å²) in [5, 5.41) is 0. The molecular formula is C10H19IO2. The molecular weight excluding hydrogens is 279 g/mol. The van der Waals surface area contributed by atoms with Gasteiger partial charge < -0.3 is 9.47 Å². The molecule has 1 aliphatic rings. The first kappa shape index (κ1) is 11.7. The van der Waals surface area contributed by atoms with Gasteiger partial charge in [0.1, 0.15) is 0 Å². The minimum atomic E-state index is -0.372. The molecule has 0 aromatic rings. The van der Waals surface area contributed by atoms with Crippen molar-refractivity contribution in [2.45, 2.75) is 39.4 Å². The van der Waals surface area contributed by atoms with Crippen LogP contribution in [0.15, 0.2) is 0 Å². The predicted octanol–water partition coefficient (Wildman–Crippen LogP) is 2.99. The van der Waals surface area contributed by atoms with Crippen molar-refractivity contribution in [1.29, 1.82) is 0 Å². The lowest BCUT2D eigenvalue weighted by Crippen LogP contribution is -2.47.